The molecule has 2 saturated heterocycles. The molecular formula is C19H23NO2. The molecular weight excluding hydrogens is 274 g/mol. The van der Waals surface area contributed by atoms with Gasteiger partial charge in [-0.2, -0.15) is 0 Å². The summed E-state index contributed by atoms with van der Waals surface area (Å²) in [6.45, 7) is 2.95. The molecule has 0 spiro atoms. The summed E-state index contributed by atoms with van der Waals surface area (Å²) in [5.41, 5.74) is 1.42. The minimum atomic E-state index is 0.244. The van der Waals surface area contributed by atoms with E-state index < -0.39 is 0 Å². The third-order valence-electron chi connectivity index (χ3n) is 5.20. The first-order chi connectivity index (χ1) is 10.9. The van der Waals surface area contributed by atoms with Crippen molar-refractivity contribution in [3.63, 3.8) is 0 Å². The van der Waals surface area contributed by atoms with Gasteiger partial charge in [0.05, 0.1) is 12.2 Å². The quantitative estimate of drug-likeness (QED) is 0.868. The van der Waals surface area contributed by atoms with Crippen LogP contribution in [0.3, 0.4) is 0 Å². The second-order valence-electron chi connectivity index (χ2n) is 6.36. The average Bonchev–Trinajstić information content (AvgIpc) is 3.06. The van der Waals surface area contributed by atoms with Crippen molar-refractivity contribution in [3.8, 4) is 0 Å². The largest absolute Gasteiger partial charge is 0.379 e. The number of hydrogen-bond donors (Lipinski definition) is 0. The van der Waals surface area contributed by atoms with E-state index in [4.69, 9.17) is 9.47 Å². The van der Waals surface area contributed by atoms with Crippen molar-refractivity contribution in [2.24, 2.45) is 0 Å². The Bertz CT molecular complexity index is 651. The Labute approximate surface area is 131 Å². The number of methoxy groups -OCH3 is 1. The Morgan fingerprint density at radius 2 is 2.00 bits per heavy atom. The van der Waals surface area contributed by atoms with E-state index in [1.54, 1.807) is 0 Å². The molecule has 0 aromatic heterocycles. The van der Waals surface area contributed by atoms with Crippen LogP contribution in [0, 0.1) is 0 Å². The SMILES string of the molecule is CO[C@H]1CCN(Cc2cccc3ccccc23)[C@H]2CCO[C@H]12. The molecule has 116 valence electrons. The van der Waals surface area contributed by atoms with Crippen LogP contribution in [0.25, 0.3) is 10.8 Å². The molecule has 3 nitrogen and oxygen atoms in total. The van der Waals surface area contributed by atoms with Gasteiger partial charge in [0.15, 0.2) is 0 Å². The molecule has 3 atom stereocenters. The molecule has 2 aromatic carbocycles. The van der Waals surface area contributed by atoms with Crippen LogP contribution in [0.5, 0.6) is 0 Å². The van der Waals surface area contributed by atoms with Gasteiger partial charge in [-0.1, -0.05) is 42.5 Å². The zero-order valence-electron chi connectivity index (χ0n) is 13.1. The van der Waals surface area contributed by atoms with Crippen LogP contribution in [-0.4, -0.2) is 43.4 Å². The Morgan fingerprint density at radius 3 is 2.91 bits per heavy atom. The summed E-state index contributed by atoms with van der Waals surface area (Å²) in [7, 11) is 1.81. The second-order valence-corrected chi connectivity index (χ2v) is 6.36. The van der Waals surface area contributed by atoms with Crippen LogP contribution in [0.2, 0.25) is 0 Å². The van der Waals surface area contributed by atoms with Gasteiger partial charge in [-0.05, 0) is 29.2 Å². The molecule has 0 N–H and O–H groups in total. The molecule has 0 aliphatic carbocycles. The highest BCUT2D eigenvalue weighted by Crippen LogP contribution is 2.32. The van der Waals surface area contributed by atoms with Crippen molar-refractivity contribution in [3.05, 3.63) is 48.0 Å². The molecule has 2 aliphatic rings. The van der Waals surface area contributed by atoms with Crippen LogP contribution >= 0.6 is 0 Å². The maximum atomic E-state index is 5.95. The van der Waals surface area contributed by atoms with Gasteiger partial charge in [0.25, 0.3) is 0 Å². The lowest BCUT2D eigenvalue weighted by molar-refractivity contribution is -0.0844. The number of nitrogens with zero attached hydrogens (tertiary/aromatic N) is 1. The molecule has 2 heterocycles. The van der Waals surface area contributed by atoms with Gasteiger partial charge in [-0.25, -0.2) is 0 Å². The summed E-state index contributed by atoms with van der Waals surface area (Å²) in [5, 5.41) is 2.69. The molecule has 0 radical (unpaired) electrons. The normalized spacial score (nSPS) is 28.9. The van der Waals surface area contributed by atoms with Crippen LogP contribution < -0.4 is 0 Å². The Hall–Kier alpha value is -1.42. The standard InChI is InChI=1S/C19H23NO2/c1-21-18-9-11-20(17-10-12-22-19(17)18)13-15-7-4-6-14-5-2-3-8-16(14)15/h2-8,17-19H,9-13H2,1H3/t17-,18-,19-/m0/s1. The average molecular weight is 297 g/mol. The van der Waals surface area contributed by atoms with E-state index >= 15 is 0 Å². The summed E-state index contributed by atoms with van der Waals surface area (Å²) < 4.78 is 11.6. The lowest BCUT2D eigenvalue weighted by Gasteiger charge is -2.40. The fraction of sp³-hybridized carbons (Fsp3) is 0.474. The fourth-order valence-corrected chi connectivity index (χ4v) is 4.07. The van der Waals surface area contributed by atoms with Crippen molar-refractivity contribution in [2.75, 3.05) is 20.3 Å². The third-order valence-corrected chi connectivity index (χ3v) is 5.20. The zero-order chi connectivity index (χ0) is 14.9. The Balaban J connectivity index is 1.60. The second kappa shape index (κ2) is 5.99. The van der Waals surface area contributed by atoms with E-state index in [0.29, 0.717) is 6.04 Å². The molecule has 0 bridgehead atoms. The monoisotopic (exact) mass is 297 g/mol. The van der Waals surface area contributed by atoms with Crippen LogP contribution in [0.1, 0.15) is 18.4 Å². The van der Waals surface area contributed by atoms with Gasteiger partial charge >= 0.3 is 0 Å². The molecule has 3 heteroatoms. The molecule has 0 amide bonds. The maximum absolute atomic E-state index is 5.95. The smallest absolute Gasteiger partial charge is 0.0992 e. The first-order valence-corrected chi connectivity index (χ1v) is 8.22. The molecule has 2 aliphatic heterocycles. The van der Waals surface area contributed by atoms with E-state index in [0.717, 1.165) is 32.5 Å². The van der Waals surface area contributed by atoms with Gasteiger partial charge in [0.2, 0.25) is 0 Å². The number of benzene rings is 2. The summed E-state index contributed by atoms with van der Waals surface area (Å²) >= 11 is 0. The van der Waals surface area contributed by atoms with Gasteiger partial charge in [-0.3, -0.25) is 4.90 Å². The van der Waals surface area contributed by atoms with Crippen molar-refractivity contribution >= 4 is 10.8 Å². The topological polar surface area (TPSA) is 21.7 Å². The number of fused-ring (bicyclic) bond motifs is 2. The maximum Gasteiger partial charge on any atom is 0.0992 e. The number of ether oxygens (including phenoxy) is 2. The van der Waals surface area contributed by atoms with Gasteiger partial charge in [-0.15, -0.1) is 0 Å². The summed E-state index contributed by atoms with van der Waals surface area (Å²) in [4.78, 5) is 2.59. The minimum Gasteiger partial charge on any atom is -0.379 e. The molecule has 4 rings (SSSR count). The van der Waals surface area contributed by atoms with Crippen LogP contribution in [0.4, 0.5) is 0 Å². The predicted octanol–water partition coefficient (Wildman–Crippen LogP) is 3.22. The number of hydrogen-bond acceptors (Lipinski definition) is 3. The minimum absolute atomic E-state index is 0.244. The summed E-state index contributed by atoms with van der Waals surface area (Å²) in [6, 6.07) is 15.8. The molecule has 2 aromatic rings. The lowest BCUT2D eigenvalue weighted by atomic mass is 9.94. The fourth-order valence-electron chi connectivity index (χ4n) is 4.07. The number of likely N-dealkylation sites (tertiary alicyclic amines) is 1. The van der Waals surface area contributed by atoms with Crippen molar-refractivity contribution in [2.45, 2.75) is 37.6 Å². The van der Waals surface area contributed by atoms with Gasteiger partial charge in [0, 0.05) is 32.8 Å². The summed E-state index contributed by atoms with van der Waals surface area (Å²) in [6.07, 6.45) is 2.68. The van der Waals surface area contributed by atoms with E-state index in [1.807, 2.05) is 7.11 Å². The molecule has 22 heavy (non-hydrogen) atoms. The summed E-state index contributed by atoms with van der Waals surface area (Å²) in [5.74, 6) is 0. The van der Waals surface area contributed by atoms with Gasteiger partial charge in [0.1, 0.15) is 0 Å². The molecule has 0 unspecified atom stereocenters. The van der Waals surface area contributed by atoms with Crippen molar-refractivity contribution < 1.29 is 9.47 Å². The lowest BCUT2D eigenvalue weighted by Crippen LogP contribution is -2.52. The number of piperidine rings is 1. The molecule has 2 fully saturated rings. The van der Waals surface area contributed by atoms with E-state index in [-0.39, 0.29) is 12.2 Å². The van der Waals surface area contributed by atoms with E-state index in [2.05, 4.69) is 47.4 Å². The van der Waals surface area contributed by atoms with E-state index in [1.165, 1.54) is 16.3 Å². The van der Waals surface area contributed by atoms with Crippen molar-refractivity contribution in [1.29, 1.82) is 0 Å². The highest BCUT2D eigenvalue weighted by molar-refractivity contribution is 5.85. The van der Waals surface area contributed by atoms with Crippen molar-refractivity contribution in [1.82, 2.24) is 4.90 Å². The highest BCUT2D eigenvalue weighted by atomic mass is 16.5. The Kier molecular flexibility index (Phi) is 3.87. The van der Waals surface area contributed by atoms with E-state index in [9.17, 15) is 0 Å². The third kappa shape index (κ3) is 2.43. The zero-order valence-corrected chi connectivity index (χ0v) is 13.1. The van der Waals surface area contributed by atoms with Crippen LogP contribution in [-0.2, 0) is 16.0 Å². The predicted molar refractivity (Wildman–Crippen MR) is 87.9 cm³/mol. The molecule has 0 saturated carbocycles. The first kappa shape index (κ1) is 14.2. The van der Waals surface area contributed by atoms with Gasteiger partial charge < -0.3 is 9.47 Å². The van der Waals surface area contributed by atoms with Crippen LogP contribution in [0.15, 0.2) is 42.5 Å². The number of rotatable bonds is 3. The highest BCUT2D eigenvalue weighted by Gasteiger charge is 2.42. The Morgan fingerprint density at radius 1 is 1.14 bits per heavy atom. The first-order valence-electron chi connectivity index (χ1n) is 8.22.